The van der Waals surface area contributed by atoms with Crippen molar-refractivity contribution < 1.29 is 9.84 Å². The number of hydrogen-bond acceptors (Lipinski definition) is 7. The Morgan fingerprint density at radius 3 is 2.50 bits per heavy atom. The molecule has 2 aromatic rings. The molecule has 0 spiro atoms. The molecule has 1 fully saturated rings. The number of nitrogens with zero attached hydrogens (tertiary/aromatic N) is 4. The maximum Gasteiger partial charge on any atom is 0.332 e. The molecule has 1 aromatic carbocycles. The Kier molecular flexibility index (Phi) is 5.93. The number of phenolic OH excluding ortho intramolecular Hbond substituents is 1. The van der Waals surface area contributed by atoms with Gasteiger partial charge in [-0.3, -0.25) is 18.8 Å². The van der Waals surface area contributed by atoms with Crippen LogP contribution in [0.2, 0.25) is 0 Å². The van der Waals surface area contributed by atoms with Crippen LogP contribution >= 0.6 is 0 Å². The standard InChI is InChI=1S/C19H27N5O4/c1-21-17(13-18(26)22(2)19(21)27)24-9-7-23(8-10-24)6-3-11-28-16-12-14(20)4-5-15(16)25/h4-5,12-13,25H,3,6-11,20H2,1-2H3. The quantitative estimate of drug-likeness (QED) is 0.406. The van der Waals surface area contributed by atoms with Crippen LogP contribution in [0.5, 0.6) is 11.5 Å². The molecule has 1 aromatic heterocycles. The largest absolute Gasteiger partial charge is 0.504 e. The van der Waals surface area contributed by atoms with Gasteiger partial charge in [0.05, 0.1) is 6.61 Å². The number of hydrogen-bond donors (Lipinski definition) is 2. The van der Waals surface area contributed by atoms with Gasteiger partial charge < -0.3 is 20.5 Å². The van der Waals surface area contributed by atoms with E-state index in [0.29, 0.717) is 23.9 Å². The highest BCUT2D eigenvalue weighted by molar-refractivity contribution is 5.51. The molecule has 0 amide bonds. The first kappa shape index (κ1) is 19.8. The molecule has 9 heteroatoms. The van der Waals surface area contributed by atoms with E-state index in [4.69, 9.17) is 10.5 Å². The van der Waals surface area contributed by atoms with Crippen molar-refractivity contribution in [3.8, 4) is 11.5 Å². The van der Waals surface area contributed by atoms with E-state index < -0.39 is 0 Å². The van der Waals surface area contributed by atoms with Crippen LogP contribution in [0.4, 0.5) is 11.5 Å². The maximum absolute atomic E-state index is 12.1. The first-order valence-electron chi connectivity index (χ1n) is 9.32. The molecule has 0 radical (unpaired) electrons. The van der Waals surface area contributed by atoms with Crippen LogP contribution in [0.3, 0.4) is 0 Å². The van der Waals surface area contributed by atoms with E-state index in [2.05, 4.69) is 9.80 Å². The van der Waals surface area contributed by atoms with Crippen molar-refractivity contribution in [1.82, 2.24) is 14.0 Å². The summed E-state index contributed by atoms with van der Waals surface area (Å²) in [5.41, 5.74) is 5.65. The second-order valence-corrected chi connectivity index (χ2v) is 7.00. The van der Waals surface area contributed by atoms with Gasteiger partial charge in [0, 0.05) is 64.6 Å². The zero-order valence-electron chi connectivity index (χ0n) is 16.3. The molecule has 1 aliphatic heterocycles. The van der Waals surface area contributed by atoms with Gasteiger partial charge in [0.2, 0.25) is 0 Å². The van der Waals surface area contributed by atoms with Gasteiger partial charge in [0.25, 0.3) is 5.56 Å². The Labute approximate surface area is 163 Å². The third-order valence-corrected chi connectivity index (χ3v) is 5.06. The molecular formula is C19H27N5O4. The van der Waals surface area contributed by atoms with E-state index in [1.165, 1.54) is 23.7 Å². The normalized spacial score (nSPS) is 15.0. The van der Waals surface area contributed by atoms with Crippen molar-refractivity contribution in [3.05, 3.63) is 45.1 Å². The van der Waals surface area contributed by atoms with Gasteiger partial charge in [-0.15, -0.1) is 0 Å². The Hall–Kier alpha value is -2.94. The van der Waals surface area contributed by atoms with Gasteiger partial charge in [0.1, 0.15) is 5.82 Å². The number of nitrogens with two attached hydrogens (primary N) is 1. The summed E-state index contributed by atoms with van der Waals surface area (Å²) in [6.45, 7) is 4.53. The van der Waals surface area contributed by atoms with E-state index in [1.807, 2.05) is 0 Å². The molecule has 0 unspecified atom stereocenters. The summed E-state index contributed by atoms with van der Waals surface area (Å²) in [6.07, 6.45) is 0.818. The third kappa shape index (κ3) is 4.30. The van der Waals surface area contributed by atoms with E-state index >= 15 is 0 Å². The second kappa shape index (κ2) is 8.39. The Morgan fingerprint density at radius 2 is 1.79 bits per heavy atom. The SMILES string of the molecule is Cn1c(N2CCN(CCCOc3cc(N)ccc3O)CC2)cc(=O)n(C)c1=O. The molecule has 1 aliphatic rings. The minimum Gasteiger partial charge on any atom is -0.504 e. The molecule has 2 heterocycles. The molecule has 28 heavy (non-hydrogen) atoms. The fourth-order valence-electron chi connectivity index (χ4n) is 3.34. The fraction of sp³-hybridized carbons (Fsp3) is 0.474. The topological polar surface area (TPSA) is 106 Å². The minimum atomic E-state index is -0.313. The zero-order valence-corrected chi connectivity index (χ0v) is 16.3. The van der Waals surface area contributed by atoms with Gasteiger partial charge in [-0.25, -0.2) is 4.79 Å². The number of benzene rings is 1. The predicted octanol–water partition coefficient (Wildman–Crippen LogP) is -0.0371. The van der Waals surface area contributed by atoms with Crippen molar-refractivity contribution in [2.24, 2.45) is 14.1 Å². The van der Waals surface area contributed by atoms with Crippen LogP contribution in [-0.4, -0.2) is 58.5 Å². The lowest BCUT2D eigenvalue weighted by Crippen LogP contribution is -2.49. The van der Waals surface area contributed by atoms with Crippen molar-refractivity contribution >= 4 is 11.5 Å². The molecule has 0 saturated carbocycles. The smallest absolute Gasteiger partial charge is 0.332 e. The number of aromatic nitrogens is 2. The lowest BCUT2D eigenvalue weighted by atomic mass is 10.2. The average Bonchev–Trinajstić information content (AvgIpc) is 2.69. The van der Waals surface area contributed by atoms with Crippen molar-refractivity contribution in [2.75, 3.05) is 50.0 Å². The molecule has 0 bridgehead atoms. The maximum atomic E-state index is 12.1. The van der Waals surface area contributed by atoms with Gasteiger partial charge in [-0.2, -0.15) is 0 Å². The number of rotatable bonds is 6. The summed E-state index contributed by atoms with van der Waals surface area (Å²) in [7, 11) is 3.17. The van der Waals surface area contributed by atoms with Crippen molar-refractivity contribution in [1.29, 1.82) is 0 Å². The second-order valence-electron chi connectivity index (χ2n) is 7.00. The summed E-state index contributed by atoms with van der Waals surface area (Å²) in [4.78, 5) is 28.4. The zero-order chi connectivity index (χ0) is 20.3. The number of aromatic hydroxyl groups is 1. The molecule has 0 aliphatic carbocycles. The van der Waals surface area contributed by atoms with E-state index in [0.717, 1.165) is 43.7 Å². The number of phenols is 1. The third-order valence-electron chi connectivity index (χ3n) is 5.06. The van der Waals surface area contributed by atoms with E-state index in [1.54, 1.807) is 19.2 Å². The van der Waals surface area contributed by atoms with Crippen LogP contribution in [0.1, 0.15) is 6.42 Å². The van der Waals surface area contributed by atoms with Crippen LogP contribution in [0, 0.1) is 0 Å². The summed E-state index contributed by atoms with van der Waals surface area (Å²) in [5, 5.41) is 9.75. The van der Waals surface area contributed by atoms with E-state index in [9.17, 15) is 14.7 Å². The molecule has 1 saturated heterocycles. The monoisotopic (exact) mass is 389 g/mol. The molecule has 9 nitrogen and oxygen atoms in total. The fourth-order valence-corrected chi connectivity index (χ4v) is 3.34. The summed E-state index contributed by atoms with van der Waals surface area (Å²) in [5.74, 6) is 1.15. The summed E-state index contributed by atoms with van der Waals surface area (Å²) >= 11 is 0. The number of nitrogen functional groups attached to an aromatic ring is 1. The van der Waals surface area contributed by atoms with Gasteiger partial charge >= 0.3 is 5.69 Å². The Bertz CT molecular complexity index is 944. The lowest BCUT2D eigenvalue weighted by molar-refractivity contribution is 0.221. The average molecular weight is 389 g/mol. The number of ether oxygens (including phenoxy) is 1. The molecule has 3 rings (SSSR count). The van der Waals surface area contributed by atoms with Crippen molar-refractivity contribution in [3.63, 3.8) is 0 Å². The summed E-state index contributed by atoms with van der Waals surface area (Å²) in [6, 6.07) is 6.28. The minimum absolute atomic E-state index is 0.0856. The van der Waals surface area contributed by atoms with E-state index in [-0.39, 0.29) is 17.0 Å². The van der Waals surface area contributed by atoms with Gasteiger partial charge in [-0.05, 0) is 18.6 Å². The molecule has 152 valence electrons. The predicted molar refractivity (Wildman–Crippen MR) is 108 cm³/mol. The van der Waals surface area contributed by atoms with Crippen LogP contribution in [0.15, 0.2) is 33.9 Å². The highest BCUT2D eigenvalue weighted by atomic mass is 16.5. The van der Waals surface area contributed by atoms with Crippen LogP contribution in [-0.2, 0) is 14.1 Å². The Balaban J connectivity index is 1.48. The molecular weight excluding hydrogens is 362 g/mol. The van der Waals surface area contributed by atoms with Crippen molar-refractivity contribution in [2.45, 2.75) is 6.42 Å². The highest BCUT2D eigenvalue weighted by Crippen LogP contribution is 2.27. The molecule has 0 atom stereocenters. The van der Waals surface area contributed by atoms with Gasteiger partial charge in [0.15, 0.2) is 11.5 Å². The van der Waals surface area contributed by atoms with Crippen LogP contribution < -0.4 is 26.6 Å². The molecule has 3 N–H and O–H groups in total. The van der Waals surface area contributed by atoms with Crippen LogP contribution in [0.25, 0.3) is 0 Å². The first-order chi connectivity index (χ1) is 13.4. The highest BCUT2D eigenvalue weighted by Gasteiger charge is 2.20. The first-order valence-corrected chi connectivity index (χ1v) is 9.32. The number of piperazine rings is 1. The number of anilines is 2. The Morgan fingerprint density at radius 1 is 1.07 bits per heavy atom. The lowest BCUT2D eigenvalue weighted by Gasteiger charge is -2.36. The summed E-state index contributed by atoms with van der Waals surface area (Å²) < 4.78 is 8.24. The van der Waals surface area contributed by atoms with Gasteiger partial charge in [-0.1, -0.05) is 0 Å².